The molecule has 2 rings (SSSR count). The lowest BCUT2D eigenvalue weighted by Gasteiger charge is -2.39. The summed E-state index contributed by atoms with van der Waals surface area (Å²) in [7, 11) is 0. The van der Waals surface area contributed by atoms with Gasteiger partial charge in [0, 0.05) is 51.2 Å². The molecule has 2 heterocycles. The second kappa shape index (κ2) is 5.99. The van der Waals surface area contributed by atoms with Gasteiger partial charge in [0.05, 0.1) is 13.2 Å². The van der Waals surface area contributed by atoms with Gasteiger partial charge in [-0.15, -0.1) is 0 Å². The van der Waals surface area contributed by atoms with Crippen molar-refractivity contribution in [2.75, 3.05) is 52.5 Å². The van der Waals surface area contributed by atoms with E-state index >= 15 is 0 Å². The van der Waals surface area contributed by atoms with Crippen LogP contribution in [0.15, 0.2) is 0 Å². The number of carbonyl (C=O) groups excluding carboxylic acids is 1. The van der Waals surface area contributed by atoms with Gasteiger partial charge in [-0.2, -0.15) is 0 Å². The van der Waals surface area contributed by atoms with E-state index in [1.807, 2.05) is 4.90 Å². The first kappa shape index (κ1) is 13.8. The molecule has 2 fully saturated rings. The zero-order valence-electron chi connectivity index (χ0n) is 11.6. The van der Waals surface area contributed by atoms with Crippen LogP contribution in [0.2, 0.25) is 0 Å². The van der Waals surface area contributed by atoms with Crippen molar-refractivity contribution in [1.29, 1.82) is 0 Å². The number of ether oxygens (including phenoxy) is 1. The van der Waals surface area contributed by atoms with Gasteiger partial charge in [0.15, 0.2) is 0 Å². The SMILES string of the molecule is CC1(C)CN(C(=O)CCN2CCOCC2)CCN1. The number of amides is 1. The molecule has 5 nitrogen and oxygen atoms in total. The Bertz CT molecular complexity index is 288. The van der Waals surface area contributed by atoms with Crippen molar-refractivity contribution in [3.63, 3.8) is 0 Å². The van der Waals surface area contributed by atoms with Gasteiger partial charge in [0.2, 0.25) is 5.91 Å². The fraction of sp³-hybridized carbons (Fsp3) is 0.923. The predicted molar refractivity (Wildman–Crippen MR) is 70.5 cm³/mol. The number of hydrogen-bond acceptors (Lipinski definition) is 4. The summed E-state index contributed by atoms with van der Waals surface area (Å²) in [5, 5.41) is 3.43. The van der Waals surface area contributed by atoms with Crippen LogP contribution in [0.4, 0.5) is 0 Å². The summed E-state index contributed by atoms with van der Waals surface area (Å²) in [5.74, 6) is 0.288. The van der Waals surface area contributed by atoms with Crippen molar-refractivity contribution in [2.45, 2.75) is 25.8 Å². The zero-order chi connectivity index (χ0) is 13.0. The highest BCUT2D eigenvalue weighted by Crippen LogP contribution is 2.11. The van der Waals surface area contributed by atoms with E-state index in [2.05, 4.69) is 24.1 Å². The molecule has 2 aliphatic rings. The molecule has 0 atom stereocenters. The second-order valence-electron chi connectivity index (χ2n) is 5.83. The third-order valence-corrected chi connectivity index (χ3v) is 3.67. The van der Waals surface area contributed by atoms with Crippen LogP contribution in [0.1, 0.15) is 20.3 Å². The first-order valence-electron chi connectivity index (χ1n) is 6.90. The van der Waals surface area contributed by atoms with Crippen molar-refractivity contribution < 1.29 is 9.53 Å². The molecule has 104 valence electrons. The summed E-state index contributed by atoms with van der Waals surface area (Å²) in [6.45, 7) is 11.2. The molecule has 1 amide bonds. The van der Waals surface area contributed by atoms with Crippen molar-refractivity contribution in [2.24, 2.45) is 0 Å². The monoisotopic (exact) mass is 255 g/mol. The van der Waals surface area contributed by atoms with E-state index in [1.54, 1.807) is 0 Å². The molecule has 0 aliphatic carbocycles. The predicted octanol–water partition coefficient (Wildman–Crippen LogP) is -0.0809. The Balaban J connectivity index is 1.73. The lowest BCUT2D eigenvalue weighted by atomic mass is 10.0. The summed E-state index contributed by atoms with van der Waals surface area (Å²) in [5.41, 5.74) is 0.0485. The minimum absolute atomic E-state index is 0.0485. The van der Waals surface area contributed by atoms with Crippen LogP contribution in [0.25, 0.3) is 0 Å². The number of nitrogens with zero attached hydrogens (tertiary/aromatic N) is 2. The molecule has 5 heteroatoms. The second-order valence-corrected chi connectivity index (χ2v) is 5.83. The van der Waals surface area contributed by atoms with Crippen molar-refractivity contribution in [3.05, 3.63) is 0 Å². The van der Waals surface area contributed by atoms with Crippen LogP contribution in [0, 0.1) is 0 Å². The summed E-state index contributed by atoms with van der Waals surface area (Å²) in [4.78, 5) is 16.5. The number of piperazine rings is 1. The van der Waals surface area contributed by atoms with Crippen LogP contribution in [0.3, 0.4) is 0 Å². The molecule has 2 aliphatic heterocycles. The minimum Gasteiger partial charge on any atom is -0.379 e. The molecular formula is C13H25N3O2. The van der Waals surface area contributed by atoms with Gasteiger partial charge < -0.3 is 15.0 Å². The van der Waals surface area contributed by atoms with E-state index in [4.69, 9.17) is 4.74 Å². The van der Waals surface area contributed by atoms with Gasteiger partial charge in [-0.25, -0.2) is 0 Å². The fourth-order valence-corrected chi connectivity index (χ4v) is 2.59. The summed E-state index contributed by atoms with van der Waals surface area (Å²) < 4.78 is 5.30. The number of hydrogen-bond donors (Lipinski definition) is 1. The molecule has 0 radical (unpaired) electrons. The topological polar surface area (TPSA) is 44.8 Å². The number of nitrogens with one attached hydrogen (secondary N) is 1. The fourth-order valence-electron chi connectivity index (χ4n) is 2.59. The van der Waals surface area contributed by atoms with Crippen LogP contribution in [0.5, 0.6) is 0 Å². The molecule has 1 N–H and O–H groups in total. The van der Waals surface area contributed by atoms with Crippen molar-refractivity contribution in [3.8, 4) is 0 Å². The lowest BCUT2D eigenvalue weighted by molar-refractivity contribution is -0.133. The Morgan fingerprint density at radius 1 is 1.28 bits per heavy atom. The highest BCUT2D eigenvalue weighted by atomic mass is 16.5. The summed E-state index contributed by atoms with van der Waals surface area (Å²) in [6.07, 6.45) is 0.635. The van der Waals surface area contributed by atoms with Crippen LogP contribution in [-0.4, -0.2) is 73.7 Å². The van der Waals surface area contributed by atoms with E-state index in [1.165, 1.54) is 0 Å². The van der Waals surface area contributed by atoms with E-state index in [9.17, 15) is 4.79 Å². The maximum absolute atomic E-state index is 12.2. The first-order chi connectivity index (χ1) is 8.57. The average molecular weight is 255 g/mol. The van der Waals surface area contributed by atoms with E-state index in [0.29, 0.717) is 6.42 Å². The van der Waals surface area contributed by atoms with Gasteiger partial charge in [-0.3, -0.25) is 9.69 Å². The summed E-state index contributed by atoms with van der Waals surface area (Å²) >= 11 is 0. The highest BCUT2D eigenvalue weighted by molar-refractivity contribution is 5.76. The van der Waals surface area contributed by atoms with Gasteiger partial charge in [0.1, 0.15) is 0 Å². The van der Waals surface area contributed by atoms with Crippen LogP contribution in [-0.2, 0) is 9.53 Å². The molecule has 0 spiro atoms. The maximum atomic E-state index is 12.2. The molecular weight excluding hydrogens is 230 g/mol. The average Bonchev–Trinajstić information content (AvgIpc) is 2.36. The molecule has 0 bridgehead atoms. The third-order valence-electron chi connectivity index (χ3n) is 3.67. The molecule has 2 saturated heterocycles. The third kappa shape index (κ3) is 3.93. The van der Waals surface area contributed by atoms with Gasteiger partial charge in [-0.1, -0.05) is 0 Å². The van der Waals surface area contributed by atoms with E-state index < -0.39 is 0 Å². The minimum atomic E-state index is 0.0485. The molecule has 0 aromatic carbocycles. The number of morpholine rings is 1. The lowest BCUT2D eigenvalue weighted by Crippen LogP contribution is -2.58. The Morgan fingerprint density at radius 2 is 2.00 bits per heavy atom. The maximum Gasteiger partial charge on any atom is 0.223 e. The molecule has 0 saturated carbocycles. The van der Waals surface area contributed by atoms with E-state index in [-0.39, 0.29) is 11.4 Å². The standard InChI is InChI=1S/C13H25N3O2/c1-13(2)11-16(6-4-14-13)12(17)3-5-15-7-9-18-10-8-15/h14H,3-11H2,1-2H3. The first-order valence-corrected chi connectivity index (χ1v) is 6.90. The van der Waals surface area contributed by atoms with Crippen molar-refractivity contribution >= 4 is 5.91 Å². The Hall–Kier alpha value is -0.650. The van der Waals surface area contributed by atoms with Gasteiger partial charge in [0.25, 0.3) is 0 Å². The smallest absolute Gasteiger partial charge is 0.223 e. The molecule has 0 unspecified atom stereocenters. The van der Waals surface area contributed by atoms with E-state index in [0.717, 1.165) is 52.5 Å². The van der Waals surface area contributed by atoms with Gasteiger partial charge >= 0.3 is 0 Å². The Kier molecular flexibility index (Phi) is 4.59. The highest BCUT2D eigenvalue weighted by Gasteiger charge is 2.28. The largest absolute Gasteiger partial charge is 0.379 e. The van der Waals surface area contributed by atoms with Crippen molar-refractivity contribution in [1.82, 2.24) is 15.1 Å². The summed E-state index contributed by atoms with van der Waals surface area (Å²) in [6, 6.07) is 0. The van der Waals surface area contributed by atoms with Gasteiger partial charge in [-0.05, 0) is 13.8 Å². The molecule has 18 heavy (non-hydrogen) atoms. The Labute approximate surface area is 109 Å². The molecule has 0 aromatic rings. The normalized spacial score (nSPS) is 25.1. The Morgan fingerprint density at radius 3 is 2.67 bits per heavy atom. The zero-order valence-corrected chi connectivity index (χ0v) is 11.6. The van der Waals surface area contributed by atoms with Crippen LogP contribution >= 0.6 is 0 Å². The van der Waals surface area contributed by atoms with Crippen LogP contribution < -0.4 is 5.32 Å². The molecule has 0 aromatic heterocycles. The number of rotatable bonds is 3. The number of carbonyl (C=O) groups is 1. The quantitative estimate of drug-likeness (QED) is 0.766.